The first kappa shape index (κ1) is 13.4. The summed E-state index contributed by atoms with van der Waals surface area (Å²) < 4.78 is 11.1. The molecular formula is C15H17NO3. The lowest BCUT2D eigenvalue weighted by Gasteiger charge is -2.09. The molecule has 0 radical (unpaired) electrons. The molecule has 0 aliphatic carbocycles. The van der Waals surface area contributed by atoms with E-state index in [1.54, 1.807) is 25.3 Å². The Bertz CT molecular complexity index is 523. The van der Waals surface area contributed by atoms with Crippen LogP contribution in [0.5, 0.6) is 17.2 Å². The highest BCUT2D eigenvalue weighted by Gasteiger charge is 2.04. The summed E-state index contributed by atoms with van der Waals surface area (Å²) in [5.74, 6) is 2.09. The number of nitrogens with zero attached hydrogens (tertiary/aromatic N) is 1. The van der Waals surface area contributed by atoms with Crippen molar-refractivity contribution >= 4 is 0 Å². The Kier molecular flexibility index (Phi) is 4.36. The van der Waals surface area contributed by atoms with Gasteiger partial charge in [-0.2, -0.15) is 0 Å². The van der Waals surface area contributed by atoms with Gasteiger partial charge >= 0.3 is 0 Å². The van der Waals surface area contributed by atoms with Gasteiger partial charge < -0.3 is 14.6 Å². The predicted molar refractivity (Wildman–Crippen MR) is 72.6 cm³/mol. The predicted octanol–water partition coefficient (Wildman–Crippen LogP) is 3.33. The Morgan fingerprint density at radius 2 is 1.95 bits per heavy atom. The molecule has 19 heavy (non-hydrogen) atoms. The number of hydrogen-bond acceptors (Lipinski definition) is 4. The number of aliphatic hydroxyl groups excluding tert-OH is 1. The minimum Gasteiger partial charge on any atom is -0.494 e. The molecule has 0 aliphatic rings. The van der Waals surface area contributed by atoms with Gasteiger partial charge in [-0.15, -0.1) is 0 Å². The number of aliphatic hydroxyl groups is 1. The van der Waals surface area contributed by atoms with E-state index in [1.165, 1.54) is 0 Å². The minimum atomic E-state index is -0.574. The molecule has 0 spiro atoms. The zero-order chi connectivity index (χ0) is 13.7. The summed E-state index contributed by atoms with van der Waals surface area (Å²) in [6.45, 7) is 4.23. The Morgan fingerprint density at radius 3 is 2.58 bits per heavy atom. The van der Waals surface area contributed by atoms with Gasteiger partial charge in [0, 0.05) is 6.07 Å². The summed E-state index contributed by atoms with van der Waals surface area (Å²) in [6.07, 6.45) is 1.02. The van der Waals surface area contributed by atoms with E-state index in [1.807, 2.05) is 31.2 Å². The monoisotopic (exact) mass is 259 g/mol. The third kappa shape index (κ3) is 3.69. The van der Waals surface area contributed by atoms with Gasteiger partial charge in [0.2, 0.25) is 0 Å². The summed E-state index contributed by atoms with van der Waals surface area (Å²) >= 11 is 0. The zero-order valence-electron chi connectivity index (χ0n) is 11.0. The van der Waals surface area contributed by atoms with E-state index in [9.17, 15) is 5.11 Å². The fraction of sp³-hybridized carbons (Fsp3) is 0.267. The maximum atomic E-state index is 9.38. The second-order valence-electron chi connectivity index (χ2n) is 4.10. The van der Waals surface area contributed by atoms with Crippen molar-refractivity contribution < 1.29 is 14.6 Å². The molecule has 100 valence electrons. The van der Waals surface area contributed by atoms with Gasteiger partial charge in [-0.05, 0) is 38.1 Å². The summed E-state index contributed by atoms with van der Waals surface area (Å²) in [5.41, 5.74) is 0.621. The lowest BCUT2D eigenvalue weighted by molar-refractivity contribution is 0.194. The summed E-state index contributed by atoms with van der Waals surface area (Å²) in [6, 6.07) is 11.0. The Hall–Kier alpha value is -2.07. The van der Waals surface area contributed by atoms with Crippen LogP contribution in [0.15, 0.2) is 42.6 Å². The van der Waals surface area contributed by atoms with Crippen molar-refractivity contribution in [3.05, 3.63) is 48.3 Å². The number of benzene rings is 1. The quantitative estimate of drug-likeness (QED) is 0.894. The van der Waals surface area contributed by atoms with Gasteiger partial charge in [-0.1, -0.05) is 6.07 Å². The van der Waals surface area contributed by atoms with Crippen LogP contribution >= 0.6 is 0 Å². The smallest absolute Gasteiger partial charge is 0.145 e. The Morgan fingerprint density at radius 1 is 1.16 bits per heavy atom. The average molecular weight is 259 g/mol. The number of pyridine rings is 1. The number of hydrogen-bond donors (Lipinski definition) is 1. The van der Waals surface area contributed by atoms with Crippen molar-refractivity contribution in [1.82, 2.24) is 4.98 Å². The topological polar surface area (TPSA) is 51.6 Å². The third-order valence-electron chi connectivity index (χ3n) is 2.54. The standard InChI is InChI=1S/C15H17NO3/c1-3-18-12-5-4-6-13(9-12)19-14-7-8-15(11(2)17)16-10-14/h4-11,17H,3H2,1-2H3/t11-/m0/s1. The number of rotatable bonds is 5. The molecule has 2 aromatic rings. The fourth-order valence-corrected chi connectivity index (χ4v) is 1.63. The second-order valence-corrected chi connectivity index (χ2v) is 4.10. The molecule has 0 bridgehead atoms. The molecule has 0 unspecified atom stereocenters. The molecular weight excluding hydrogens is 242 g/mol. The van der Waals surface area contributed by atoms with Crippen molar-refractivity contribution in [2.24, 2.45) is 0 Å². The molecule has 4 heteroatoms. The van der Waals surface area contributed by atoms with Crippen LogP contribution in [-0.2, 0) is 0 Å². The van der Waals surface area contributed by atoms with Crippen LogP contribution in [-0.4, -0.2) is 16.7 Å². The molecule has 1 N–H and O–H groups in total. The third-order valence-corrected chi connectivity index (χ3v) is 2.54. The van der Waals surface area contributed by atoms with E-state index in [0.717, 1.165) is 5.75 Å². The SMILES string of the molecule is CCOc1cccc(Oc2ccc([C@H](C)O)nc2)c1. The highest BCUT2D eigenvalue weighted by Crippen LogP contribution is 2.25. The van der Waals surface area contributed by atoms with Crippen LogP contribution in [0.3, 0.4) is 0 Å². The van der Waals surface area contributed by atoms with Crippen LogP contribution in [0, 0.1) is 0 Å². The van der Waals surface area contributed by atoms with Gasteiger partial charge in [-0.3, -0.25) is 4.98 Å². The number of ether oxygens (including phenoxy) is 2. The average Bonchev–Trinajstić information content (AvgIpc) is 2.40. The molecule has 0 saturated carbocycles. The van der Waals surface area contributed by atoms with Gasteiger partial charge in [-0.25, -0.2) is 0 Å². The van der Waals surface area contributed by atoms with Crippen molar-refractivity contribution in [3.8, 4) is 17.2 Å². The van der Waals surface area contributed by atoms with Crippen LogP contribution in [0.1, 0.15) is 25.6 Å². The lowest BCUT2D eigenvalue weighted by atomic mass is 10.2. The zero-order valence-corrected chi connectivity index (χ0v) is 11.0. The van der Waals surface area contributed by atoms with E-state index >= 15 is 0 Å². The summed E-state index contributed by atoms with van der Waals surface area (Å²) in [7, 11) is 0. The molecule has 2 rings (SSSR count). The van der Waals surface area contributed by atoms with Gasteiger partial charge in [0.15, 0.2) is 0 Å². The first-order chi connectivity index (χ1) is 9.19. The maximum Gasteiger partial charge on any atom is 0.145 e. The molecule has 1 atom stereocenters. The van der Waals surface area contributed by atoms with E-state index in [4.69, 9.17) is 9.47 Å². The molecule has 0 amide bonds. The molecule has 1 heterocycles. The Balaban J connectivity index is 2.10. The molecule has 1 aromatic carbocycles. The summed E-state index contributed by atoms with van der Waals surface area (Å²) in [4.78, 5) is 4.13. The highest BCUT2D eigenvalue weighted by atomic mass is 16.5. The number of aromatic nitrogens is 1. The Labute approximate surface area is 112 Å². The van der Waals surface area contributed by atoms with E-state index in [-0.39, 0.29) is 0 Å². The van der Waals surface area contributed by atoms with Crippen molar-refractivity contribution in [2.75, 3.05) is 6.61 Å². The van der Waals surface area contributed by atoms with E-state index < -0.39 is 6.10 Å². The maximum absolute atomic E-state index is 9.38. The van der Waals surface area contributed by atoms with Crippen LogP contribution in [0.4, 0.5) is 0 Å². The van der Waals surface area contributed by atoms with Crippen molar-refractivity contribution in [2.45, 2.75) is 20.0 Å². The summed E-state index contributed by atoms with van der Waals surface area (Å²) in [5, 5.41) is 9.38. The minimum absolute atomic E-state index is 0.574. The van der Waals surface area contributed by atoms with Crippen LogP contribution < -0.4 is 9.47 Å². The second kappa shape index (κ2) is 6.20. The molecule has 0 aliphatic heterocycles. The highest BCUT2D eigenvalue weighted by molar-refractivity contribution is 5.36. The first-order valence-corrected chi connectivity index (χ1v) is 6.23. The molecule has 0 fully saturated rings. The van der Waals surface area contributed by atoms with Crippen LogP contribution in [0.2, 0.25) is 0 Å². The normalized spacial score (nSPS) is 11.9. The van der Waals surface area contributed by atoms with Gasteiger partial charge in [0.05, 0.1) is 24.6 Å². The largest absolute Gasteiger partial charge is 0.494 e. The van der Waals surface area contributed by atoms with Crippen molar-refractivity contribution in [3.63, 3.8) is 0 Å². The van der Waals surface area contributed by atoms with E-state index in [2.05, 4.69) is 4.98 Å². The molecule has 0 saturated heterocycles. The van der Waals surface area contributed by atoms with Gasteiger partial charge in [0.25, 0.3) is 0 Å². The lowest BCUT2D eigenvalue weighted by Crippen LogP contribution is -1.95. The fourth-order valence-electron chi connectivity index (χ4n) is 1.63. The van der Waals surface area contributed by atoms with Crippen LogP contribution in [0.25, 0.3) is 0 Å². The molecule has 4 nitrogen and oxygen atoms in total. The van der Waals surface area contributed by atoms with Gasteiger partial charge in [0.1, 0.15) is 17.2 Å². The first-order valence-electron chi connectivity index (χ1n) is 6.23. The van der Waals surface area contributed by atoms with E-state index in [0.29, 0.717) is 23.8 Å². The molecule has 1 aromatic heterocycles. The van der Waals surface area contributed by atoms with Crippen molar-refractivity contribution in [1.29, 1.82) is 0 Å².